The summed E-state index contributed by atoms with van der Waals surface area (Å²) >= 11 is 1.18. The Morgan fingerprint density at radius 3 is 2.80 bits per heavy atom. The number of ether oxygens (including phenoxy) is 4. The molecular weight excluding hydrogens is 550 g/mol. The minimum absolute atomic E-state index is 0.0931. The standard InChI is InChI=1S/C29H24N3O8S/c1-4-37-28(34)25-15(2)30-29-32(26(25)16-5-8-22-23(11-16)39-14-38-22)27(33)24(41-29)13-18-7-10-21(40-18)19-12-17(31-35)6-9-20(19)36-3/h5-13,26,31H,4,14H2,1-3H3/q-1/b24-13-. The second-order valence-electron chi connectivity index (χ2n) is 9.13. The molecule has 2 aliphatic rings. The summed E-state index contributed by atoms with van der Waals surface area (Å²) < 4.78 is 29.6. The predicted molar refractivity (Wildman–Crippen MR) is 151 cm³/mol. The first-order valence-corrected chi connectivity index (χ1v) is 13.5. The molecule has 11 nitrogen and oxygen atoms in total. The molecule has 1 N–H and O–H groups in total. The van der Waals surface area contributed by atoms with Gasteiger partial charge in [-0.05, 0) is 61.9 Å². The van der Waals surface area contributed by atoms with Crippen molar-refractivity contribution in [3.63, 3.8) is 0 Å². The van der Waals surface area contributed by atoms with Crippen molar-refractivity contribution in [3.8, 4) is 28.6 Å². The van der Waals surface area contributed by atoms with E-state index >= 15 is 0 Å². The fraction of sp³-hybridized carbons (Fsp3) is 0.207. The summed E-state index contributed by atoms with van der Waals surface area (Å²) in [5.74, 6) is 1.95. The summed E-state index contributed by atoms with van der Waals surface area (Å²) in [6.45, 7) is 3.71. The van der Waals surface area contributed by atoms with Crippen LogP contribution in [-0.4, -0.2) is 31.0 Å². The quantitative estimate of drug-likeness (QED) is 0.259. The number of furan rings is 1. The first-order chi connectivity index (χ1) is 19.9. The maximum absolute atomic E-state index is 13.9. The molecule has 0 radical (unpaired) electrons. The average molecular weight is 575 g/mol. The number of carbonyl (C=O) groups is 1. The summed E-state index contributed by atoms with van der Waals surface area (Å²) in [5, 5.41) is 11.2. The van der Waals surface area contributed by atoms with Gasteiger partial charge >= 0.3 is 5.97 Å². The first-order valence-electron chi connectivity index (χ1n) is 12.7. The number of nitrogens with one attached hydrogen (secondary N) is 1. The van der Waals surface area contributed by atoms with Crippen molar-refractivity contribution in [3.05, 3.63) is 96.0 Å². The van der Waals surface area contributed by atoms with Gasteiger partial charge in [-0.1, -0.05) is 17.4 Å². The zero-order valence-corrected chi connectivity index (χ0v) is 23.1. The number of nitrogens with zero attached hydrogens (tertiary/aromatic N) is 2. The molecule has 41 heavy (non-hydrogen) atoms. The predicted octanol–water partition coefficient (Wildman–Crippen LogP) is 3.71. The second-order valence-corrected chi connectivity index (χ2v) is 10.1. The molecule has 0 aliphatic carbocycles. The van der Waals surface area contributed by atoms with Crippen molar-refractivity contribution in [2.24, 2.45) is 4.99 Å². The molecule has 4 aromatic rings. The van der Waals surface area contributed by atoms with Gasteiger partial charge in [-0.3, -0.25) is 9.36 Å². The van der Waals surface area contributed by atoms with Crippen LogP contribution >= 0.6 is 11.3 Å². The van der Waals surface area contributed by atoms with Gasteiger partial charge in [0.1, 0.15) is 17.3 Å². The number of aromatic nitrogens is 1. The molecule has 0 bridgehead atoms. The molecule has 6 rings (SSSR count). The Labute approximate surface area is 237 Å². The highest BCUT2D eigenvalue weighted by atomic mass is 32.1. The highest BCUT2D eigenvalue weighted by Crippen LogP contribution is 2.38. The fourth-order valence-corrected chi connectivity index (χ4v) is 5.89. The van der Waals surface area contributed by atoms with Gasteiger partial charge in [0.25, 0.3) is 5.56 Å². The van der Waals surface area contributed by atoms with E-state index in [-0.39, 0.29) is 24.5 Å². The molecule has 1 atom stereocenters. The number of carbonyl (C=O) groups excluding carboxylic acids is 1. The van der Waals surface area contributed by atoms with Gasteiger partial charge in [-0.25, -0.2) is 9.79 Å². The summed E-state index contributed by atoms with van der Waals surface area (Å²) in [6, 6.07) is 12.8. The molecular formula is C29H24N3O8S-. The summed E-state index contributed by atoms with van der Waals surface area (Å²) in [5.41, 5.74) is 3.82. The number of rotatable bonds is 7. The molecule has 2 aliphatic heterocycles. The SMILES string of the molecule is CCOC(=O)C1=C(C)N=c2s/c(=C\c3ccc(-c4cc(N[O-])ccc4OC)o3)c(=O)n2C1c1ccc2c(c1)OCO2. The van der Waals surface area contributed by atoms with Crippen LogP contribution in [0.15, 0.2) is 74.0 Å². The number of allylic oxidation sites excluding steroid dienone is 1. The molecule has 1 unspecified atom stereocenters. The molecule has 0 saturated carbocycles. The van der Waals surface area contributed by atoms with Crippen LogP contribution in [0.2, 0.25) is 0 Å². The van der Waals surface area contributed by atoms with Gasteiger partial charge < -0.3 is 34.1 Å². The van der Waals surface area contributed by atoms with Crippen molar-refractivity contribution in [2.75, 3.05) is 26.0 Å². The van der Waals surface area contributed by atoms with Gasteiger partial charge in [-0.15, -0.1) is 0 Å². The summed E-state index contributed by atoms with van der Waals surface area (Å²) in [4.78, 5) is 32.0. The third kappa shape index (κ3) is 4.66. The molecule has 210 valence electrons. The lowest BCUT2D eigenvalue weighted by Gasteiger charge is -2.24. The van der Waals surface area contributed by atoms with E-state index in [1.807, 2.05) is 5.48 Å². The van der Waals surface area contributed by atoms with Gasteiger partial charge in [0.2, 0.25) is 6.79 Å². The van der Waals surface area contributed by atoms with Crippen LogP contribution in [0.4, 0.5) is 5.69 Å². The lowest BCUT2D eigenvalue weighted by molar-refractivity contribution is -0.139. The Morgan fingerprint density at radius 1 is 1.20 bits per heavy atom. The van der Waals surface area contributed by atoms with E-state index in [4.69, 9.17) is 23.4 Å². The lowest BCUT2D eigenvalue weighted by Crippen LogP contribution is -2.39. The second kappa shape index (κ2) is 10.6. The van der Waals surface area contributed by atoms with Crippen molar-refractivity contribution in [1.29, 1.82) is 0 Å². The number of benzene rings is 2. The minimum atomic E-state index is -0.791. The van der Waals surface area contributed by atoms with E-state index in [0.717, 1.165) is 0 Å². The van der Waals surface area contributed by atoms with Gasteiger partial charge in [0.15, 0.2) is 16.3 Å². The molecule has 0 amide bonds. The number of fused-ring (bicyclic) bond motifs is 2. The monoisotopic (exact) mass is 574 g/mol. The van der Waals surface area contributed by atoms with Crippen LogP contribution in [0, 0.1) is 5.21 Å². The highest BCUT2D eigenvalue weighted by Gasteiger charge is 2.34. The molecule has 0 spiro atoms. The number of hydrogen-bond donors (Lipinski definition) is 1. The average Bonchev–Trinajstić information content (AvgIpc) is 3.71. The third-order valence-corrected chi connectivity index (χ3v) is 7.70. The summed E-state index contributed by atoms with van der Waals surface area (Å²) in [6.07, 6.45) is 1.62. The number of methoxy groups -OCH3 is 1. The lowest BCUT2D eigenvalue weighted by atomic mass is 9.95. The maximum atomic E-state index is 13.9. The van der Waals surface area contributed by atoms with E-state index in [0.29, 0.717) is 60.6 Å². The van der Waals surface area contributed by atoms with Crippen LogP contribution in [-0.2, 0) is 9.53 Å². The molecule has 2 aromatic carbocycles. The Hall–Kier alpha value is -4.81. The van der Waals surface area contributed by atoms with Crippen LogP contribution < -0.4 is 34.6 Å². The van der Waals surface area contributed by atoms with Gasteiger partial charge in [0.05, 0.1) is 41.1 Å². The highest BCUT2D eigenvalue weighted by molar-refractivity contribution is 7.07. The largest absolute Gasteiger partial charge is 0.761 e. The van der Waals surface area contributed by atoms with E-state index in [1.165, 1.54) is 23.0 Å². The van der Waals surface area contributed by atoms with Crippen molar-refractivity contribution < 1.29 is 28.2 Å². The topological polar surface area (TPSA) is 137 Å². The minimum Gasteiger partial charge on any atom is -0.761 e. The number of anilines is 1. The zero-order chi connectivity index (χ0) is 28.7. The number of esters is 1. The Bertz CT molecular complexity index is 1880. The van der Waals surface area contributed by atoms with Crippen LogP contribution in [0.1, 0.15) is 31.2 Å². The van der Waals surface area contributed by atoms with Gasteiger partial charge in [-0.2, -0.15) is 0 Å². The molecule has 12 heteroatoms. The molecule has 0 fully saturated rings. The van der Waals surface area contributed by atoms with Gasteiger partial charge in [0, 0.05) is 11.8 Å². The normalized spacial score (nSPS) is 15.9. The van der Waals surface area contributed by atoms with E-state index in [2.05, 4.69) is 4.99 Å². The van der Waals surface area contributed by atoms with Crippen LogP contribution in [0.5, 0.6) is 17.2 Å². The molecule has 4 heterocycles. The third-order valence-electron chi connectivity index (χ3n) is 6.71. The Balaban J connectivity index is 1.47. The first kappa shape index (κ1) is 26.4. The molecule has 0 saturated heterocycles. The Morgan fingerprint density at radius 2 is 2.02 bits per heavy atom. The number of hydrogen-bond acceptors (Lipinski definition) is 11. The smallest absolute Gasteiger partial charge is 0.338 e. The van der Waals surface area contributed by atoms with E-state index in [1.54, 1.807) is 68.5 Å². The summed E-state index contributed by atoms with van der Waals surface area (Å²) in [7, 11) is 1.52. The van der Waals surface area contributed by atoms with Crippen LogP contribution in [0.3, 0.4) is 0 Å². The zero-order valence-electron chi connectivity index (χ0n) is 22.3. The van der Waals surface area contributed by atoms with Crippen molar-refractivity contribution in [1.82, 2.24) is 4.57 Å². The Kier molecular flexibility index (Phi) is 6.85. The van der Waals surface area contributed by atoms with E-state index < -0.39 is 12.0 Å². The fourth-order valence-electron chi connectivity index (χ4n) is 4.86. The van der Waals surface area contributed by atoms with Crippen molar-refractivity contribution >= 4 is 29.1 Å². The van der Waals surface area contributed by atoms with Crippen molar-refractivity contribution in [2.45, 2.75) is 19.9 Å². The maximum Gasteiger partial charge on any atom is 0.338 e. The van der Waals surface area contributed by atoms with E-state index in [9.17, 15) is 14.8 Å². The molecule has 2 aromatic heterocycles. The number of thiazole rings is 1. The van der Waals surface area contributed by atoms with Crippen LogP contribution in [0.25, 0.3) is 17.4 Å².